The molecule has 32 heteroatoms. The second kappa shape index (κ2) is 34.6. The second-order valence-corrected chi connectivity index (χ2v) is 20.5. The Labute approximate surface area is 501 Å². The minimum absolute atomic E-state index is 0.0824. The van der Waals surface area contributed by atoms with Gasteiger partial charge in [0.05, 0.1) is 12.2 Å². The Balaban J connectivity index is 2.06. The Hall–Kier alpha value is -6.94. The van der Waals surface area contributed by atoms with Crippen LogP contribution >= 0.6 is 0 Å². The summed E-state index contributed by atoms with van der Waals surface area (Å²) in [7, 11) is 0. The highest BCUT2D eigenvalue weighted by Crippen LogP contribution is 2.40. The van der Waals surface area contributed by atoms with Crippen LogP contribution in [0, 0.1) is 0 Å². The SMILES string of the molecule is C=CC(=O)NCCCCCCO[C@@H]1O[C@H](COC(C)=O)[C@@H](O[C@@H]2O[C@H](COC(C)=O)[C@H](OC(C)=O)[C@H](OC(C)=O)[C@H]2O[C@@H]2O[C@@H](C)[C@@H](OC(C)=O)[C@@H](OC(C)=O)[C@@H]2OC(C)=O)[C@H](O[C@@H]2O[C@@H](C)[C@@H](OC(C)=O)[C@@H](OC(C)=O)[C@@H]2OC(C)=O)[C@H]1NC(C)=O. The molecular weight excluding hydrogens is 1170 g/mol. The molecule has 2 N–H and O–H groups in total. The average molecular weight is 1250 g/mol. The zero-order valence-corrected chi connectivity index (χ0v) is 50.7. The number of carbonyl (C=O) groups is 12. The summed E-state index contributed by atoms with van der Waals surface area (Å²) in [5, 5.41) is 5.42. The van der Waals surface area contributed by atoms with Crippen molar-refractivity contribution in [3.63, 3.8) is 0 Å². The van der Waals surface area contributed by atoms with E-state index in [1.165, 1.54) is 13.8 Å². The lowest BCUT2D eigenvalue weighted by atomic mass is 9.93. The predicted octanol–water partition coefficient (Wildman–Crippen LogP) is 0.0451. The van der Waals surface area contributed by atoms with Crippen LogP contribution in [0.15, 0.2) is 12.7 Å². The lowest BCUT2D eigenvalue weighted by Crippen LogP contribution is -2.71. The first kappa shape index (κ1) is 72.5. The van der Waals surface area contributed by atoms with Crippen LogP contribution in [0.5, 0.6) is 0 Å². The molecular formula is C55H80N2O30. The van der Waals surface area contributed by atoms with Gasteiger partial charge in [0.2, 0.25) is 11.8 Å². The van der Waals surface area contributed by atoms with Crippen LogP contribution in [0.4, 0.5) is 0 Å². The lowest BCUT2D eigenvalue weighted by Gasteiger charge is -2.52. The second-order valence-electron chi connectivity index (χ2n) is 20.5. The molecule has 20 atom stereocenters. The normalized spacial score (nSPS) is 32.0. The number of hydrogen-bond acceptors (Lipinski definition) is 30. The molecule has 0 spiro atoms. The highest BCUT2D eigenvalue weighted by molar-refractivity contribution is 5.86. The molecule has 0 aromatic heterocycles. The number of rotatable bonds is 28. The van der Waals surface area contributed by atoms with E-state index in [-0.39, 0.29) is 12.5 Å². The largest absolute Gasteiger partial charge is 0.463 e. The number of unbranched alkanes of at least 4 members (excludes halogenated alkanes) is 3. The molecule has 2 amide bonds. The Morgan fingerprint density at radius 2 is 0.747 bits per heavy atom. The number of esters is 10. The molecule has 4 saturated heterocycles. The van der Waals surface area contributed by atoms with Crippen molar-refractivity contribution in [3.8, 4) is 0 Å². The van der Waals surface area contributed by atoms with Gasteiger partial charge in [0.1, 0.15) is 43.7 Å². The van der Waals surface area contributed by atoms with Gasteiger partial charge < -0.3 is 95.9 Å². The summed E-state index contributed by atoms with van der Waals surface area (Å²) in [4.78, 5) is 153. The van der Waals surface area contributed by atoms with Crippen molar-refractivity contribution in [1.29, 1.82) is 0 Å². The van der Waals surface area contributed by atoms with Crippen LogP contribution < -0.4 is 10.6 Å². The third-order valence-electron chi connectivity index (χ3n) is 13.1. The molecule has 0 saturated carbocycles. The fraction of sp³-hybridized carbons (Fsp3) is 0.745. The minimum atomic E-state index is -2.15. The fourth-order valence-corrected chi connectivity index (χ4v) is 9.91. The van der Waals surface area contributed by atoms with Gasteiger partial charge in [0.25, 0.3) is 0 Å². The Morgan fingerprint density at radius 1 is 0.391 bits per heavy atom. The zero-order chi connectivity index (χ0) is 65.0. The van der Waals surface area contributed by atoms with Gasteiger partial charge in [-0.25, -0.2) is 0 Å². The van der Waals surface area contributed by atoms with Crippen LogP contribution in [0.1, 0.15) is 116 Å². The maximum Gasteiger partial charge on any atom is 0.303 e. The quantitative estimate of drug-likeness (QED) is 0.0452. The van der Waals surface area contributed by atoms with Gasteiger partial charge in [-0.2, -0.15) is 0 Å². The van der Waals surface area contributed by atoms with E-state index < -0.39 is 202 Å². The van der Waals surface area contributed by atoms with E-state index in [4.69, 9.17) is 85.3 Å². The monoisotopic (exact) mass is 1250 g/mol. The number of carbonyl (C=O) groups excluding carboxylic acids is 12. The average Bonchev–Trinajstić information content (AvgIpc) is 0.913. The van der Waals surface area contributed by atoms with Crippen LogP contribution in [0.3, 0.4) is 0 Å². The van der Waals surface area contributed by atoms with Crippen LogP contribution in [0.2, 0.25) is 0 Å². The van der Waals surface area contributed by atoms with E-state index >= 15 is 0 Å². The third-order valence-corrected chi connectivity index (χ3v) is 13.1. The molecule has 0 aromatic rings. The van der Waals surface area contributed by atoms with Gasteiger partial charge in [-0.3, -0.25) is 57.5 Å². The van der Waals surface area contributed by atoms with Crippen molar-refractivity contribution < 1.29 is 143 Å². The first-order valence-electron chi connectivity index (χ1n) is 27.9. The Bertz CT molecular complexity index is 2440. The van der Waals surface area contributed by atoms with Gasteiger partial charge in [0.15, 0.2) is 80.1 Å². The maximum absolute atomic E-state index is 13.5. The van der Waals surface area contributed by atoms with Crippen molar-refractivity contribution >= 4 is 71.5 Å². The molecule has 32 nitrogen and oxygen atoms in total. The Kier molecular flexibility index (Phi) is 28.8. The molecule has 4 aliphatic heterocycles. The van der Waals surface area contributed by atoms with E-state index in [9.17, 15) is 57.5 Å². The molecule has 4 fully saturated rings. The van der Waals surface area contributed by atoms with Gasteiger partial charge in [-0.1, -0.05) is 19.4 Å². The maximum atomic E-state index is 13.5. The molecule has 0 bridgehead atoms. The van der Waals surface area contributed by atoms with E-state index in [0.29, 0.717) is 32.2 Å². The van der Waals surface area contributed by atoms with Crippen LogP contribution in [-0.4, -0.2) is 221 Å². The standard InChI is InChI=1S/C55H80N2O30/c1-15-39(69)56-20-18-16-17-19-21-70-52-40(57-26(4)58)45(86-53-49(81-35(13)67)46(78-32(10)64)41(24(2)73-53)75-29(7)61)43(37(83-52)22-71-27(5)59)85-55-51(48(80-34(12)66)44(77-31(9)63)38(84-55)23-72-28(6)60)87-54-50(82-36(14)68)47(79-33(11)65)42(25(3)74-54)76-30(8)62/h15,24-25,37-38,40-55H,1,16-23H2,2-14H3,(H,56,69)(H,57,58)/t24-,25-,37+,38+,40+,41+,42+,43+,44-,45+,46+,47+,48-,49-,50-,51+,52+,53-,54-,55-/m0/s1. The lowest BCUT2D eigenvalue weighted by molar-refractivity contribution is -0.393. The molecule has 490 valence electrons. The summed E-state index contributed by atoms with van der Waals surface area (Å²) in [6.07, 6.45) is -29.8. The van der Waals surface area contributed by atoms with Crippen molar-refractivity contribution in [2.75, 3.05) is 26.4 Å². The van der Waals surface area contributed by atoms with Crippen molar-refractivity contribution in [2.45, 2.75) is 238 Å². The third kappa shape index (κ3) is 22.6. The summed E-state index contributed by atoms with van der Waals surface area (Å²) >= 11 is 0. The molecule has 4 heterocycles. The van der Waals surface area contributed by atoms with Crippen molar-refractivity contribution in [1.82, 2.24) is 10.6 Å². The van der Waals surface area contributed by atoms with E-state index in [2.05, 4.69) is 17.2 Å². The summed E-state index contributed by atoms with van der Waals surface area (Å²) in [5.41, 5.74) is 0. The first-order chi connectivity index (χ1) is 40.9. The van der Waals surface area contributed by atoms with Gasteiger partial charge in [0, 0.05) is 89.3 Å². The summed E-state index contributed by atoms with van der Waals surface area (Å²) in [6.45, 7) is 16.3. The van der Waals surface area contributed by atoms with Gasteiger partial charge in [-0.05, 0) is 32.8 Å². The zero-order valence-electron chi connectivity index (χ0n) is 50.7. The van der Waals surface area contributed by atoms with Gasteiger partial charge in [-0.15, -0.1) is 0 Å². The molecule has 0 aromatic carbocycles. The van der Waals surface area contributed by atoms with Crippen LogP contribution in [0.25, 0.3) is 0 Å². The predicted molar refractivity (Wildman–Crippen MR) is 284 cm³/mol. The summed E-state index contributed by atoms with van der Waals surface area (Å²) < 4.78 is 109. The number of ether oxygens (including phenoxy) is 18. The minimum Gasteiger partial charge on any atom is -0.463 e. The smallest absolute Gasteiger partial charge is 0.303 e. The topological polar surface area (TPSA) is 395 Å². The number of hydrogen-bond donors (Lipinski definition) is 2. The van der Waals surface area contributed by atoms with Crippen LogP contribution in [-0.2, 0) is 143 Å². The van der Waals surface area contributed by atoms with Gasteiger partial charge >= 0.3 is 59.7 Å². The van der Waals surface area contributed by atoms with E-state index in [1.807, 2.05) is 0 Å². The fourth-order valence-electron chi connectivity index (χ4n) is 9.91. The molecule has 4 rings (SSSR count). The first-order valence-corrected chi connectivity index (χ1v) is 27.9. The number of nitrogens with one attached hydrogen (secondary N) is 2. The molecule has 0 radical (unpaired) electrons. The summed E-state index contributed by atoms with van der Waals surface area (Å²) in [5.74, 6) is -10.5. The van der Waals surface area contributed by atoms with Crippen molar-refractivity contribution in [3.05, 3.63) is 12.7 Å². The molecule has 0 aliphatic carbocycles. The molecule has 4 aliphatic rings. The highest BCUT2D eigenvalue weighted by Gasteiger charge is 2.61. The van der Waals surface area contributed by atoms with E-state index in [1.54, 1.807) is 0 Å². The van der Waals surface area contributed by atoms with E-state index in [0.717, 1.165) is 82.2 Å². The molecule has 87 heavy (non-hydrogen) atoms. The Morgan fingerprint density at radius 3 is 1.17 bits per heavy atom. The summed E-state index contributed by atoms with van der Waals surface area (Å²) in [6, 6.07) is -1.60. The van der Waals surface area contributed by atoms with Crippen molar-refractivity contribution in [2.24, 2.45) is 0 Å². The number of amides is 2. The highest BCUT2D eigenvalue weighted by atomic mass is 16.8. The molecule has 0 unspecified atom stereocenters.